The Labute approximate surface area is 121 Å². The maximum atomic E-state index is 13.6. The minimum atomic E-state index is -0.293. The van der Waals surface area contributed by atoms with E-state index in [1.54, 1.807) is 25.1 Å². The van der Waals surface area contributed by atoms with Crippen LogP contribution in [0.1, 0.15) is 11.1 Å². The van der Waals surface area contributed by atoms with Crippen LogP contribution in [0.4, 0.5) is 10.1 Å². The lowest BCUT2D eigenvalue weighted by atomic mass is 10.1. The molecule has 3 aromatic rings. The maximum Gasteiger partial charge on any atom is 0.258 e. The van der Waals surface area contributed by atoms with E-state index in [-0.39, 0.29) is 5.82 Å². The highest BCUT2D eigenvalue weighted by Crippen LogP contribution is 2.25. The molecular weight excluding hydrogens is 269 g/mol. The molecule has 4 nitrogen and oxygen atoms in total. The number of benzene rings is 2. The van der Waals surface area contributed by atoms with Crippen LogP contribution in [0.5, 0.6) is 0 Å². The monoisotopic (exact) mass is 283 g/mol. The summed E-state index contributed by atoms with van der Waals surface area (Å²) >= 11 is 0. The summed E-state index contributed by atoms with van der Waals surface area (Å²) in [5, 5.41) is 3.89. The van der Waals surface area contributed by atoms with Crippen molar-refractivity contribution in [2.24, 2.45) is 0 Å². The highest BCUT2D eigenvalue weighted by molar-refractivity contribution is 5.64. The van der Waals surface area contributed by atoms with Crippen molar-refractivity contribution in [3.05, 3.63) is 53.3 Å². The van der Waals surface area contributed by atoms with E-state index in [0.717, 1.165) is 11.1 Å². The summed E-state index contributed by atoms with van der Waals surface area (Å²) in [7, 11) is 0. The second-order valence-electron chi connectivity index (χ2n) is 4.96. The minimum Gasteiger partial charge on any atom is -0.398 e. The Hall–Kier alpha value is -2.69. The zero-order chi connectivity index (χ0) is 15.0. The normalized spacial score (nSPS) is 10.8. The van der Waals surface area contributed by atoms with Crippen LogP contribution in [0.15, 0.2) is 40.9 Å². The van der Waals surface area contributed by atoms with Gasteiger partial charge in [-0.2, -0.15) is 4.98 Å². The van der Waals surface area contributed by atoms with Crippen molar-refractivity contribution < 1.29 is 8.91 Å². The number of aryl methyl sites for hydroxylation is 2. The molecule has 21 heavy (non-hydrogen) atoms. The second-order valence-corrected chi connectivity index (χ2v) is 4.96. The van der Waals surface area contributed by atoms with Gasteiger partial charge in [-0.3, -0.25) is 0 Å². The molecule has 0 saturated carbocycles. The summed E-state index contributed by atoms with van der Waals surface area (Å²) in [4.78, 5) is 4.29. The van der Waals surface area contributed by atoms with Gasteiger partial charge in [0.05, 0.1) is 0 Å². The van der Waals surface area contributed by atoms with E-state index in [9.17, 15) is 4.39 Å². The van der Waals surface area contributed by atoms with Gasteiger partial charge >= 0.3 is 0 Å². The molecule has 0 bridgehead atoms. The third-order valence-corrected chi connectivity index (χ3v) is 3.38. The van der Waals surface area contributed by atoms with Crippen molar-refractivity contribution in [2.45, 2.75) is 13.8 Å². The molecule has 0 aliphatic rings. The zero-order valence-electron chi connectivity index (χ0n) is 11.7. The van der Waals surface area contributed by atoms with Gasteiger partial charge in [0.1, 0.15) is 5.82 Å². The van der Waals surface area contributed by atoms with Crippen LogP contribution in [0, 0.1) is 19.7 Å². The molecule has 0 unspecified atom stereocenters. The summed E-state index contributed by atoms with van der Waals surface area (Å²) < 4.78 is 18.8. The van der Waals surface area contributed by atoms with Crippen molar-refractivity contribution in [1.29, 1.82) is 0 Å². The molecule has 2 N–H and O–H groups in total. The number of hydrogen-bond donors (Lipinski definition) is 1. The second kappa shape index (κ2) is 5.01. The molecule has 0 saturated heterocycles. The van der Waals surface area contributed by atoms with Crippen molar-refractivity contribution in [2.75, 3.05) is 5.73 Å². The van der Waals surface area contributed by atoms with Crippen LogP contribution in [0.3, 0.4) is 0 Å². The summed E-state index contributed by atoms with van der Waals surface area (Å²) in [5.74, 6) is 0.416. The highest BCUT2D eigenvalue weighted by Gasteiger charge is 2.12. The molecule has 0 atom stereocenters. The van der Waals surface area contributed by atoms with Gasteiger partial charge in [-0.1, -0.05) is 23.4 Å². The van der Waals surface area contributed by atoms with Gasteiger partial charge in [0.2, 0.25) is 5.82 Å². The number of hydrogen-bond acceptors (Lipinski definition) is 4. The Morgan fingerprint density at radius 3 is 2.43 bits per heavy atom. The van der Waals surface area contributed by atoms with E-state index < -0.39 is 0 Å². The van der Waals surface area contributed by atoms with E-state index in [4.69, 9.17) is 10.3 Å². The lowest BCUT2D eigenvalue weighted by Gasteiger charge is -2.00. The summed E-state index contributed by atoms with van der Waals surface area (Å²) in [6, 6.07) is 10.4. The predicted molar refractivity (Wildman–Crippen MR) is 79.0 cm³/mol. The Balaban J connectivity index is 1.99. The Kier molecular flexibility index (Phi) is 3.17. The standard InChI is InChI=1S/C16H14FN3O/c1-9-3-5-11(7-13(9)17)15-19-16(21-20-15)12-6-4-10(2)14(18)8-12/h3-8H,18H2,1-2H3. The molecular formula is C16H14FN3O. The highest BCUT2D eigenvalue weighted by atomic mass is 19.1. The van der Waals surface area contributed by atoms with Gasteiger partial charge in [0.15, 0.2) is 0 Å². The smallest absolute Gasteiger partial charge is 0.258 e. The van der Waals surface area contributed by atoms with Gasteiger partial charge in [-0.05, 0) is 43.2 Å². The van der Waals surface area contributed by atoms with Crippen LogP contribution >= 0.6 is 0 Å². The number of nitrogens with zero attached hydrogens (tertiary/aromatic N) is 2. The molecule has 5 heteroatoms. The average Bonchev–Trinajstić information content (AvgIpc) is 2.94. The molecule has 0 aliphatic heterocycles. The molecule has 106 valence electrons. The van der Waals surface area contributed by atoms with E-state index >= 15 is 0 Å². The maximum absolute atomic E-state index is 13.6. The lowest BCUT2D eigenvalue weighted by molar-refractivity contribution is 0.432. The topological polar surface area (TPSA) is 64.9 Å². The predicted octanol–water partition coefficient (Wildman–Crippen LogP) is 3.74. The lowest BCUT2D eigenvalue weighted by Crippen LogP contribution is -1.90. The van der Waals surface area contributed by atoms with E-state index in [0.29, 0.717) is 28.5 Å². The number of aromatic nitrogens is 2. The number of nitrogens with two attached hydrogens (primary N) is 1. The largest absolute Gasteiger partial charge is 0.398 e. The third-order valence-electron chi connectivity index (χ3n) is 3.38. The van der Waals surface area contributed by atoms with Gasteiger partial charge in [-0.25, -0.2) is 4.39 Å². The van der Waals surface area contributed by atoms with Crippen LogP contribution in [0.2, 0.25) is 0 Å². The Bertz CT molecular complexity index is 745. The molecule has 1 heterocycles. The van der Waals surface area contributed by atoms with Crippen LogP contribution in [0.25, 0.3) is 22.8 Å². The van der Waals surface area contributed by atoms with Crippen molar-refractivity contribution in [3.8, 4) is 22.8 Å². The van der Waals surface area contributed by atoms with Crippen molar-refractivity contribution in [1.82, 2.24) is 10.1 Å². The number of nitrogen functional groups attached to an aromatic ring is 1. The number of halogens is 1. The first-order valence-electron chi connectivity index (χ1n) is 6.51. The van der Waals surface area contributed by atoms with Gasteiger partial charge in [0.25, 0.3) is 5.89 Å². The quantitative estimate of drug-likeness (QED) is 0.727. The molecule has 0 spiro atoms. The molecule has 0 amide bonds. The summed E-state index contributed by atoms with van der Waals surface area (Å²) in [6.45, 7) is 3.63. The average molecular weight is 283 g/mol. The fourth-order valence-electron chi connectivity index (χ4n) is 1.96. The van der Waals surface area contributed by atoms with Gasteiger partial charge in [0, 0.05) is 16.8 Å². The summed E-state index contributed by atoms with van der Waals surface area (Å²) in [5.41, 5.74) is 9.41. The van der Waals surface area contributed by atoms with Crippen molar-refractivity contribution >= 4 is 5.69 Å². The fraction of sp³-hybridized carbons (Fsp3) is 0.125. The third kappa shape index (κ3) is 2.50. The number of anilines is 1. The zero-order valence-corrected chi connectivity index (χ0v) is 11.7. The van der Waals surface area contributed by atoms with Gasteiger partial charge < -0.3 is 10.3 Å². The molecule has 0 aliphatic carbocycles. The Morgan fingerprint density at radius 2 is 1.71 bits per heavy atom. The fourth-order valence-corrected chi connectivity index (χ4v) is 1.96. The molecule has 2 aromatic carbocycles. The first-order valence-corrected chi connectivity index (χ1v) is 6.51. The molecule has 0 fully saturated rings. The first kappa shape index (κ1) is 13.3. The van der Waals surface area contributed by atoms with Gasteiger partial charge in [-0.15, -0.1) is 0 Å². The first-order chi connectivity index (χ1) is 10.0. The minimum absolute atomic E-state index is 0.293. The number of rotatable bonds is 2. The van der Waals surface area contributed by atoms with E-state index in [1.807, 2.05) is 19.1 Å². The van der Waals surface area contributed by atoms with E-state index in [1.165, 1.54) is 6.07 Å². The van der Waals surface area contributed by atoms with Crippen molar-refractivity contribution in [3.63, 3.8) is 0 Å². The molecule has 1 aromatic heterocycles. The van der Waals surface area contributed by atoms with E-state index in [2.05, 4.69) is 10.1 Å². The van der Waals surface area contributed by atoms with Crippen LogP contribution in [-0.4, -0.2) is 10.1 Å². The molecule has 0 radical (unpaired) electrons. The van der Waals surface area contributed by atoms with Crippen LogP contribution in [-0.2, 0) is 0 Å². The Morgan fingerprint density at radius 1 is 1.00 bits per heavy atom. The van der Waals surface area contributed by atoms with Crippen LogP contribution < -0.4 is 5.73 Å². The summed E-state index contributed by atoms with van der Waals surface area (Å²) in [6.07, 6.45) is 0. The molecule has 3 rings (SSSR count). The SMILES string of the molecule is Cc1ccc(-c2nc(-c3ccc(C)c(F)c3)no2)cc1N.